The average molecular weight is 353 g/mol. The standard InChI is InChI=1S/C15H19N3O5S/c1-3-6-18-9-10(7-14(18)19)16-24(21,22)11-4-5-13-12(8-11)17(2)15(20)23-13/h4-5,8,10,16H,3,6-7,9H2,1-2H3. The van der Waals surface area contributed by atoms with E-state index in [2.05, 4.69) is 4.72 Å². The van der Waals surface area contributed by atoms with E-state index in [1.165, 1.54) is 29.8 Å². The molecule has 130 valence electrons. The van der Waals surface area contributed by atoms with E-state index in [4.69, 9.17) is 4.42 Å². The summed E-state index contributed by atoms with van der Waals surface area (Å²) < 4.78 is 33.9. The van der Waals surface area contributed by atoms with Crippen molar-refractivity contribution in [3.63, 3.8) is 0 Å². The van der Waals surface area contributed by atoms with Crippen molar-refractivity contribution in [1.29, 1.82) is 0 Å². The van der Waals surface area contributed by atoms with Crippen molar-refractivity contribution < 1.29 is 17.6 Å². The van der Waals surface area contributed by atoms with Crippen LogP contribution in [0.2, 0.25) is 0 Å². The number of carbonyl (C=O) groups excluding carboxylic acids is 1. The van der Waals surface area contributed by atoms with Crippen LogP contribution in [0.15, 0.2) is 32.3 Å². The Morgan fingerprint density at radius 2 is 2.08 bits per heavy atom. The maximum Gasteiger partial charge on any atom is 0.419 e. The Bertz CT molecular complexity index is 944. The van der Waals surface area contributed by atoms with Crippen LogP contribution < -0.4 is 10.5 Å². The molecule has 0 radical (unpaired) electrons. The van der Waals surface area contributed by atoms with Gasteiger partial charge in [-0.05, 0) is 24.6 Å². The minimum Gasteiger partial charge on any atom is -0.408 e. The summed E-state index contributed by atoms with van der Waals surface area (Å²) >= 11 is 0. The third kappa shape index (κ3) is 2.96. The molecule has 1 amide bonds. The molecule has 1 unspecified atom stereocenters. The molecule has 3 rings (SSSR count). The number of amides is 1. The van der Waals surface area contributed by atoms with Gasteiger partial charge in [0.05, 0.1) is 10.4 Å². The van der Waals surface area contributed by atoms with Gasteiger partial charge in [-0.2, -0.15) is 0 Å². The topological polar surface area (TPSA) is 102 Å². The van der Waals surface area contributed by atoms with Gasteiger partial charge >= 0.3 is 5.76 Å². The first-order valence-corrected chi connectivity index (χ1v) is 9.20. The third-order valence-electron chi connectivity index (χ3n) is 4.10. The van der Waals surface area contributed by atoms with E-state index in [1.54, 1.807) is 4.90 Å². The van der Waals surface area contributed by atoms with E-state index in [9.17, 15) is 18.0 Å². The molecule has 8 nitrogen and oxygen atoms in total. The van der Waals surface area contributed by atoms with E-state index in [0.29, 0.717) is 24.2 Å². The zero-order chi connectivity index (χ0) is 17.5. The molecule has 1 fully saturated rings. The Morgan fingerprint density at radius 1 is 1.33 bits per heavy atom. The summed E-state index contributed by atoms with van der Waals surface area (Å²) in [5.41, 5.74) is 0.726. The average Bonchev–Trinajstić information content (AvgIpc) is 2.99. The number of oxazole rings is 1. The van der Waals surface area contributed by atoms with Crippen LogP contribution >= 0.6 is 0 Å². The summed E-state index contributed by atoms with van der Waals surface area (Å²) in [5, 5.41) is 0. The van der Waals surface area contributed by atoms with Crippen LogP contribution in [0.25, 0.3) is 11.1 Å². The van der Waals surface area contributed by atoms with Crippen LogP contribution in [-0.2, 0) is 21.9 Å². The Kier molecular flexibility index (Phi) is 4.22. The number of aryl methyl sites for hydroxylation is 1. The molecule has 2 aromatic rings. The van der Waals surface area contributed by atoms with E-state index >= 15 is 0 Å². The van der Waals surface area contributed by atoms with Crippen LogP contribution in [-0.4, -0.2) is 42.9 Å². The summed E-state index contributed by atoms with van der Waals surface area (Å²) in [4.78, 5) is 25.1. The summed E-state index contributed by atoms with van der Waals surface area (Å²) in [5.74, 6) is -0.596. The third-order valence-corrected chi connectivity index (χ3v) is 5.62. The molecule has 1 N–H and O–H groups in total. The highest BCUT2D eigenvalue weighted by Crippen LogP contribution is 2.20. The number of nitrogens with one attached hydrogen (secondary N) is 1. The van der Waals surface area contributed by atoms with Crippen LogP contribution in [0.1, 0.15) is 19.8 Å². The lowest BCUT2D eigenvalue weighted by atomic mass is 10.3. The van der Waals surface area contributed by atoms with E-state index < -0.39 is 21.8 Å². The monoisotopic (exact) mass is 353 g/mol. The second kappa shape index (κ2) is 6.06. The number of fused-ring (bicyclic) bond motifs is 1. The van der Waals surface area contributed by atoms with Gasteiger partial charge in [-0.1, -0.05) is 6.92 Å². The molecular weight excluding hydrogens is 334 g/mol. The number of benzene rings is 1. The van der Waals surface area contributed by atoms with Crippen LogP contribution in [0.4, 0.5) is 0 Å². The SMILES string of the molecule is CCCN1CC(NS(=O)(=O)c2ccc3oc(=O)n(C)c3c2)CC1=O. The molecule has 1 aliphatic rings. The predicted octanol–water partition coefficient (Wildman–Crippen LogP) is 0.421. The fraction of sp³-hybridized carbons (Fsp3) is 0.467. The molecule has 9 heteroatoms. The number of carbonyl (C=O) groups is 1. The molecule has 2 heterocycles. The summed E-state index contributed by atoms with van der Waals surface area (Å²) in [6.07, 6.45) is 0.988. The lowest BCUT2D eigenvalue weighted by molar-refractivity contribution is -0.127. The van der Waals surface area contributed by atoms with Crippen molar-refractivity contribution in [3.05, 3.63) is 28.7 Å². The smallest absolute Gasteiger partial charge is 0.408 e. The Balaban J connectivity index is 1.85. The number of sulfonamides is 1. The maximum atomic E-state index is 12.6. The number of aromatic nitrogens is 1. The maximum absolute atomic E-state index is 12.6. The summed E-state index contributed by atoms with van der Waals surface area (Å²) in [6, 6.07) is 3.78. The second-order valence-corrected chi connectivity index (χ2v) is 7.63. The van der Waals surface area contributed by atoms with Gasteiger partial charge in [0.15, 0.2) is 5.58 Å². The minimum absolute atomic E-state index is 0.0350. The van der Waals surface area contributed by atoms with Gasteiger partial charge in [0, 0.05) is 32.6 Å². The molecule has 0 bridgehead atoms. The van der Waals surface area contributed by atoms with Crippen molar-refractivity contribution in [2.24, 2.45) is 7.05 Å². The summed E-state index contributed by atoms with van der Waals surface area (Å²) in [6.45, 7) is 2.97. The van der Waals surface area contributed by atoms with Crippen molar-refractivity contribution in [2.75, 3.05) is 13.1 Å². The van der Waals surface area contributed by atoms with Crippen LogP contribution in [0, 0.1) is 0 Å². The number of hydrogen-bond acceptors (Lipinski definition) is 5. The largest absolute Gasteiger partial charge is 0.419 e. The minimum atomic E-state index is -3.79. The molecule has 1 saturated heterocycles. The van der Waals surface area contributed by atoms with Gasteiger partial charge in [-0.25, -0.2) is 17.9 Å². The fourth-order valence-electron chi connectivity index (χ4n) is 2.90. The molecule has 1 atom stereocenters. The van der Waals surface area contributed by atoms with Gasteiger partial charge in [0.25, 0.3) is 0 Å². The molecule has 0 aliphatic carbocycles. The molecule has 1 aliphatic heterocycles. The van der Waals surface area contributed by atoms with Gasteiger partial charge in [0.2, 0.25) is 15.9 Å². The van der Waals surface area contributed by atoms with Gasteiger partial charge in [-0.3, -0.25) is 9.36 Å². The first-order chi connectivity index (χ1) is 11.3. The first-order valence-electron chi connectivity index (χ1n) is 7.71. The van der Waals surface area contributed by atoms with Crippen molar-refractivity contribution in [2.45, 2.75) is 30.7 Å². The van der Waals surface area contributed by atoms with Gasteiger partial charge < -0.3 is 9.32 Å². The van der Waals surface area contributed by atoms with Gasteiger partial charge in [0.1, 0.15) is 0 Å². The van der Waals surface area contributed by atoms with Crippen LogP contribution in [0.3, 0.4) is 0 Å². The van der Waals surface area contributed by atoms with E-state index in [-0.39, 0.29) is 17.2 Å². The number of likely N-dealkylation sites (tertiary alicyclic amines) is 1. The first kappa shape index (κ1) is 16.7. The zero-order valence-electron chi connectivity index (χ0n) is 13.5. The Labute approximate surface area is 139 Å². The number of hydrogen-bond donors (Lipinski definition) is 1. The van der Waals surface area contributed by atoms with Crippen molar-refractivity contribution in [1.82, 2.24) is 14.2 Å². The molecule has 1 aromatic carbocycles. The summed E-state index contributed by atoms with van der Waals surface area (Å²) in [7, 11) is -2.28. The van der Waals surface area contributed by atoms with E-state index in [1.807, 2.05) is 6.92 Å². The second-order valence-electron chi connectivity index (χ2n) is 5.92. The number of rotatable bonds is 5. The zero-order valence-corrected chi connectivity index (χ0v) is 14.3. The molecule has 0 spiro atoms. The predicted molar refractivity (Wildman–Crippen MR) is 87.1 cm³/mol. The fourth-order valence-corrected chi connectivity index (χ4v) is 4.14. The number of nitrogens with zero attached hydrogens (tertiary/aromatic N) is 2. The lowest BCUT2D eigenvalue weighted by Gasteiger charge is -2.16. The van der Waals surface area contributed by atoms with E-state index in [0.717, 1.165) is 6.42 Å². The quantitative estimate of drug-likeness (QED) is 0.839. The molecule has 0 saturated carbocycles. The molecular formula is C15H19N3O5S. The van der Waals surface area contributed by atoms with Gasteiger partial charge in [-0.15, -0.1) is 0 Å². The highest BCUT2D eigenvalue weighted by molar-refractivity contribution is 7.89. The van der Waals surface area contributed by atoms with Crippen molar-refractivity contribution in [3.8, 4) is 0 Å². The molecule has 24 heavy (non-hydrogen) atoms. The van der Waals surface area contributed by atoms with Crippen LogP contribution in [0.5, 0.6) is 0 Å². The highest BCUT2D eigenvalue weighted by atomic mass is 32.2. The normalized spacial score (nSPS) is 18.7. The Hall–Kier alpha value is -2.13. The lowest BCUT2D eigenvalue weighted by Crippen LogP contribution is -2.37. The van der Waals surface area contributed by atoms with Crippen molar-refractivity contribution >= 4 is 27.0 Å². The highest BCUT2D eigenvalue weighted by Gasteiger charge is 2.32. The molecule has 1 aromatic heterocycles. The Morgan fingerprint density at radius 3 is 2.79 bits per heavy atom.